The second kappa shape index (κ2) is 5.83. The van der Waals surface area contributed by atoms with Gasteiger partial charge in [0, 0.05) is 13.1 Å². The number of hydrogen-bond donors (Lipinski definition) is 1. The molecule has 0 unspecified atom stereocenters. The highest BCUT2D eigenvalue weighted by molar-refractivity contribution is 4.92. The molecule has 1 spiro atoms. The number of nitrogens with zero attached hydrogens (tertiary/aromatic N) is 2. The maximum atomic E-state index is 5.83. The Kier molecular flexibility index (Phi) is 5.03. The second-order valence-electron chi connectivity index (χ2n) is 4.65. The van der Waals surface area contributed by atoms with E-state index in [2.05, 4.69) is 11.8 Å². The van der Waals surface area contributed by atoms with E-state index in [0.29, 0.717) is 5.41 Å². The summed E-state index contributed by atoms with van der Waals surface area (Å²) < 4.78 is 0. The molecule has 0 amide bonds. The van der Waals surface area contributed by atoms with Gasteiger partial charge in [-0.15, -0.1) is 0 Å². The van der Waals surface area contributed by atoms with Crippen molar-refractivity contribution in [2.75, 3.05) is 32.7 Å². The molecule has 3 heteroatoms. The molecule has 2 N–H and O–H groups in total. The van der Waals surface area contributed by atoms with Crippen LogP contribution in [0.3, 0.4) is 0 Å². The van der Waals surface area contributed by atoms with Crippen molar-refractivity contribution in [3.8, 4) is 0 Å². The van der Waals surface area contributed by atoms with Crippen LogP contribution in [0.25, 0.3) is 0 Å². The zero-order chi connectivity index (χ0) is 11.3. The molecule has 0 bridgehead atoms. The van der Waals surface area contributed by atoms with E-state index in [-0.39, 0.29) is 0 Å². The Labute approximate surface area is 94.6 Å². The summed E-state index contributed by atoms with van der Waals surface area (Å²) in [7, 11) is 0. The third-order valence-electron chi connectivity index (χ3n) is 3.83. The molecule has 90 valence electrons. The van der Waals surface area contributed by atoms with Crippen molar-refractivity contribution in [1.82, 2.24) is 9.91 Å². The summed E-state index contributed by atoms with van der Waals surface area (Å²) in [5.41, 5.74) is 0.584. The lowest BCUT2D eigenvalue weighted by Gasteiger charge is -2.38. The first-order valence-electron chi connectivity index (χ1n) is 6.46. The van der Waals surface area contributed by atoms with Crippen molar-refractivity contribution in [3.63, 3.8) is 0 Å². The average Bonchev–Trinajstić information content (AvgIpc) is 2.64. The molecule has 0 saturated carbocycles. The fraction of sp³-hybridized carbons (Fsp3) is 1.00. The summed E-state index contributed by atoms with van der Waals surface area (Å²) in [5, 5.41) is 2.00. The van der Waals surface area contributed by atoms with Crippen LogP contribution in [0.2, 0.25) is 0 Å². The van der Waals surface area contributed by atoms with E-state index in [0.717, 1.165) is 13.1 Å². The maximum Gasteiger partial charge on any atom is 0.0186 e. The molecule has 2 aliphatic rings. The van der Waals surface area contributed by atoms with E-state index >= 15 is 0 Å². The molecule has 0 aliphatic carbocycles. The van der Waals surface area contributed by atoms with Crippen LogP contribution in [-0.2, 0) is 0 Å². The third kappa shape index (κ3) is 3.16. The van der Waals surface area contributed by atoms with Crippen LogP contribution >= 0.6 is 0 Å². The van der Waals surface area contributed by atoms with Gasteiger partial charge in [0.1, 0.15) is 0 Å². The first kappa shape index (κ1) is 12.9. The first-order valence-corrected chi connectivity index (χ1v) is 6.46. The highest BCUT2D eigenvalue weighted by Gasteiger charge is 2.39. The first-order chi connectivity index (χ1) is 7.24. The summed E-state index contributed by atoms with van der Waals surface area (Å²) in [6, 6.07) is 0. The lowest BCUT2D eigenvalue weighted by molar-refractivity contribution is 0.112. The number of piperidine rings is 1. The molecule has 3 nitrogen and oxygen atoms in total. The molecule has 15 heavy (non-hydrogen) atoms. The van der Waals surface area contributed by atoms with E-state index < -0.39 is 0 Å². The van der Waals surface area contributed by atoms with Gasteiger partial charge in [-0.25, -0.2) is 5.01 Å². The van der Waals surface area contributed by atoms with Gasteiger partial charge in [-0.3, -0.25) is 5.84 Å². The number of likely N-dealkylation sites (tertiary alicyclic amines) is 1. The molecular formula is C12H27N3. The van der Waals surface area contributed by atoms with Crippen molar-refractivity contribution in [3.05, 3.63) is 0 Å². The quantitative estimate of drug-likeness (QED) is 0.673. The minimum absolute atomic E-state index is 0.584. The van der Waals surface area contributed by atoms with Crippen LogP contribution in [0.4, 0.5) is 0 Å². The normalized spacial score (nSPS) is 26.4. The largest absolute Gasteiger partial charge is 0.304 e. The van der Waals surface area contributed by atoms with Gasteiger partial charge >= 0.3 is 0 Å². The van der Waals surface area contributed by atoms with Crippen molar-refractivity contribution in [1.29, 1.82) is 0 Å². The smallest absolute Gasteiger partial charge is 0.0186 e. The van der Waals surface area contributed by atoms with Gasteiger partial charge < -0.3 is 4.90 Å². The molecule has 2 aliphatic heterocycles. The van der Waals surface area contributed by atoms with Crippen molar-refractivity contribution < 1.29 is 0 Å². The molecule has 2 fully saturated rings. The van der Waals surface area contributed by atoms with Crippen LogP contribution in [0.5, 0.6) is 0 Å². The number of hydrazine groups is 1. The zero-order valence-corrected chi connectivity index (χ0v) is 10.6. The Morgan fingerprint density at radius 2 is 1.60 bits per heavy atom. The van der Waals surface area contributed by atoms with Gasteiger partial charge in [0.05, 0.1) is 0 Å². The number of hydrogen-bond acceptors (Lipinski definition) is 3. The minimum Gasteiger partial charge on any atom is -0.304 e. The predicted octanol–water partition coefficient (Wildman–Crippen LogP) is 1.69. The second-order valence-corrected chi connectivity index (χ2v) is 4.65. The topological polar surface area (TPSA) is 32.5 Å². The zero-order valence-electron chi connectivity index (χ0n) is 10.6. The average molecular weight is 213 g/mol. The van der Waals surface area contributed by atoms with E-state index in [1.165, 1.54) is 38.9 Å². The van der Waals surface area contributed by atoms with Crippen LogP contribution in [0.1, 0.15) is 40.0 Å². The van der Waals surface area contributed by atoms with Crippen molar-refractivity contribution in [2.45, 2.75) is 40.0 Å². The third-order valence-corrected chi connectivity index (χ3v) is 3.83. The fourth-order valence-electron chi connectivity index (χ4n) is 2.72. The fourth-order valence-corrected chi connectivity index (χ4v) is 2.72. The number of rotatable bonds is 1. The van der Waals surface area contributed by atoms with Crippen molar-refractivity contribution >= 4 is 0 Å². The summed E-state index contributed by atoms with van der Waals surface area (Å²) in [6.45, 7) is 12.3. The molecule has 0 aromatic heterocycles. The summed E-state index contributed by atoms with van der Waals surface area (Å²) in [4.78, 5) is 2.55. The van der Waals surface area contributed by atoms with Gasteiger partial charge in [-0.05, 0) is 44.3 Å². The highest BCUT2D eigenvalue weighted by Crippen LogP contribution is 2.38. The van der Waals surface area contributed by atoms with Gasteiger partial charge in [0.15, 0.2) is 0 Å². The van der Waals surface area contributed by atoms with E-state index in [1.54, 1.807) is 0 Å². The van der Waals surface area contributed by atoms with Gasteiger partial charge in [0.25, 0.3) is 0 Å². The molecule has 2 heterocycles. The Morgan fingerprint density at radius 3 is 2.00 bits per heavy atom. The molecule has 0 aromatic carbocycles. The maximum absolute atomic E-state index is 5.83. The van der Waals surface area contributed by atoms with E-state index in [4.69, 9.17) is 5.84 Å². The van der Waals surface area contributed by atoms with E-state index in [9.17, 15) is 0 Å². The SMILES string of the molecule is CC.CCN1CCC2(CCN(N)C2)CC1. The van der Waals surface area contributed by atoms with Crippen LogP contribution < -0.4 is 5.84 Å². The van der Waals surface area contributed by atoms with E-state index in [1.807, 2.05) is 18.9 Å². The Morgan fingerprint density at radius 1 is 1.07 bits per heavy atom. The molecular weight excluding hydrogens is 186 g/mol. The Balaban J connectivity index is 0.000000531. The molecule has 2 rings (SSSR count). The Hall–Kier alpha value is -0.120. The number of nitrogens with two attached hydrogens (primary N) is 1. The van der Waals surface area contributed by atoms with Gasteiger partial charge in [0.2, 0.25) is 0 Å². The summed E-state index contributed by atoms with van der Waals surface area (Å²) in [6.07, 6.45) is 4.03. The summed E-state index contributed by atoms with van der Waals surface area (Å²) in [5.74, 6) is 5.83. The lowest BCUT2D eigenvalue weighted by atomic mass is 9.78. The molecule has 0 atom stereocenters. The lowest BCUT2D eigenvalue weighted by Crippen LogP contribution is -2.42. The van der Waals surface area contributed by atoms with Crippen LogP contribution in [-0.4, -0.2) is 42.6 Å². The highest BCUT2D eigenvalue weighted by atomic mass is 15.4. The predicted molar refractivity (Wildman–Crippen MR) is 65.5 cm³/mol. The van der Waals surface area contributed by atoms with Crippen LogP contribution in [0.15, 0.2) is 0 Å². The molecule has 0 radical (unpaired) electrons. The molecule has 0 aromatic rings. The van der Waals surface area contributed by atoms with Gasteiger partial charge in [-0.1, -0.05) is 20.8 Å². The van der Waals surface area contributed by atoms with Crippen LogP contribution in [0, 0.1) is 5.41 Å². The van der Waals surface area contributed by atoms with Crippen molar-refractivity contribution in [2.24, 2.45) is 11.3 Å². The monoisotopic (exact) mass is 213 g/mol. The minimum atomic E-state index is 0.584. The summed E-state index contributed by atoms with van der Waals surface area (Å²) >= 11 is 0. The molecule has 2 saturated heterocycles. The van der Waals surface area contributed by atoms with Gasteiger partial charge in [-0.2, -0.15) is 0 Å². The standard InChI is InChI=1S/C10H21N3.C2H6/c1-2-12-6-3-10(4-7-12)5-8-13(11)9-10;1-2/h2-9,11H2,1H3;1-2H3. The Bertz CT molecular complexity index is 174.